The highest BCUT2D eigenvalue weighted by Gasteiger charge is 2.00. The molecule has 0 saturated heterocycles. The molecule has 3 N–H and O–H groups in total. The molecule has 0 bridgehead atoms. The maximum atomic E-state index is 5.98. The Morgan fingerprint density at radius 3 is 2.73 bits per heavy atom. The smallest absolute Gasteiger partial charge is 0.135 e. The second-order valence-electron chi connectivity index (χ2n) is 2.93. The molecule has 0 aliphatic rings. The fourth-order valence-corrected chi connectivity index (χ4v) is 1.32. The first kappa shape index (κ1) is 9.73. The Bertz CT molecular complexity index is 472. The molecule has 15 heavy (non-hydrogen) atoms. The van der Waals surface area contributed by atoms with Gasteiger partial charge in [-0.3, -0.25) is 0 Å². The first-order valence-electron chi connectivity index (χ1n) is 4.35. The molecule has 76 valence electrons. The number of nitrogens with two attached hydrogens (primary N) is 1. The molecule has 0 radical (unpaired) electrons. The van der Waals surface area contributed by atoms with Gasteiger partial charge < -0.3 is 11.1 Å². The average molecular weight is 221 g/mol. The summed E-state index contributed by atoms with van der Waals surface area (Å²) in [5.41, 5.74) is 6.32. The van der Waals surface area contributed by atoms with Crippen LogP contribution in [0, 0.1) is 0 Å². The maximum absolute atomic E-state index is 5.98. The van der Waals surface area contributed by atoms with Gasteiger partial charge in [-0.1, -0.05) is 23.7 Å². The van der Waals surface area contributed by atoms with Gasteiger partial charge in [0.1, 0.15) is 18.0 Å². The molecule has 0 aliphatic carbocycles. The van der Waals surface area contributed by atoms with Gasteiger partial charge in [0.2, 0.25) is 0 Å². The van der Waals surface area contributed by atoms with Crippen LogP contribution in [-0.2, 0) is 0 Å². The van der Waals surface area contributed by atoms with E-state index < -0.39 is 0 Å². The Morgan fingerprint density at radius 2 is 2.00 bits per heavy atom. The summed E-state index contributed by atoms with van der Waals surface area (Å²) < 4.78 is 0. The van der Waals surface area contributed by atoms with Gasteiger partial charge in [0, 0.05) is 6.07 Å². The van der Waals surface area contributed by atoms with Crippen molar-refractivity contribution in [2.75, 3.05) is 11.1 Å². The minimum atomic E-state index is 0.416. The van der Waals surface area contributed by atoms with Crippen LogP contribution in [0.5, 0.6) is 0 Å². The van der Waals surface area contributed by atoms with E-state index in [9.17, 15) is 0 Å². The van der Waals surface area contributed by atoms with Crippen LogP contribution in [0.4, 0.5) is 17.3 Å². The molecular weight excluding hydrogens is 212 g/mol. The molecule has 2 aromatic rings. The molecule has 4 nitrogen and oxygen atoms in total. The Balaban J connectivity index is 2.26. The molecule has 0 aliphatic heterocycles. The van der Waals surface area contributed by atoms with Crippen LogP contribution in [0.15, 0.2) is 36.7 Å². The minimum Gasteiger partial charge on any atom is -0.384 e. The normalized spacial score (nSPS) is 9.93. The topological polar surface area (TPSA) is 63.8 Å². The number of nitrogens with zero attached hydrogens (tertiary/aromatic N) is 2. The van der Waals surface area contributed by atoms with E-state index in [4.69, 9.17) is 17.3 Å². The number of hydrogen-bond acceptors (Lipinski definition) is 4. The second-order valence-corrected chi connectivity index (χ2v) is 3.34. The van der Waals surface area contributed by atoms with Gasteiger partial charge >= 0.3 is 0 Å². The van der Waals surface area contributed by atoms with Crippen molar-refractivity contribution in [2.45, 2.75) is 0 Å². The maximum Gasteiger partial charge on any atom is 0.135 e. The molecule has 1 aromatic heterocycles. The van der Waals surface area contributed by atoms with E-state index in [1.807, 2.05) is 18.2 Å². The fourth-order valence-electron chi connectivity index (χ4n) is 1.14. The lowest BCUT2D eigenvalue weighted by Gasteiger charge is -2.06. The quantitative estimate of drug-likeness (QED) is 0.816. The van der Waals surface area contributed by atoms with Gasteiger partial charge in [0.15, 0.2) is 0 Å². The van der Waals surface area contributed by atoms with E-state index in [1.54, 1.807) is 12.1 Å². The highest BCUT2D eigenvalue weighted by atomic mass is 35.5. The molecule has 0 atom stereocenters. The van der Waals surface area contributed by atoms with Gasteiger partial charge in [-0.2, -0.15) is 0 Å². The molecule has 0 unspecified atom stereocenters. The Kier molecular flexibility index (Phi) is 2.69. The van der Waals surface area contributed by atoms with Gasteiger partial charge in [0.05, 0.1) is 10.7 Å². The van der Waals surface area contributed by atoms with E-state index in [0.29, 0.717) is 16.7 Å². The lowest BCUT2D eigenvalue weighted by molar-refractivity contribution is 1.18. The molecule has 0 saturated carbocycles. The molecule has 1 heterocycles. The van der Waals surface area contributed by atoms with E-state index >= 15 is 0 Å². The van der Waals surface area contributed by atoms with Gasteiger partial charge in [-0.25, -0.2) is 9.97 Å². The second kappa shape index (κ2) is 4.14. The summed E-state index contributed by atoms with van der Waals surface area (Å²) >= 11 is 5.98. The van der Waals surface area contributed by atoms with Gasteiger partial charge in [-0.05, 0) is 12.1 Å². The van der Waals surface area contributed by atoms with Crippen LogP contribution in [0.1, 0.15) is 0 Å². The van der Waals surface area contributed by atoms with Crippen LogP contribution in [0.3, 0.4) is 0 Å². The number of nitrogens with one attached hydrogen (secondary N) is 1. The van der Waals surface area contributed by atoms with Crippen molar-refractivity contribution in [1.29, 1.82) is 0 Å². The third kappa shape index (κ3) is 2.35. The molecule has 0 spiro atoms. The van der Waals surface area contributed by atoms with Gasteiger partial charge in [-0.15, -0.1) is 0 Å². The van der Waals surface area contributed by atoms with Crippen molar-refractivity contribution in [1.82, 2.24) is 9.97 Å². The number of rotatable bonds is 2. The molecule has 2 rings (SSSR count). The Morgan fingerprint density at radius 1 is 1.20 bits per heavy atom. The number of hydrogen-bond donors (Lipinski definition) is 2. The first-order chi connectivity index (χ1) is 7.25. The molecule has 5 heteroatoms. The van der Waals surface area contributed by atoms with Crippen molar-refractivity contribution in [3.8, 4) is 0 Å². The summed E-state index contributed by atoms with van der Waals surface area (Å²) in [6.07, 6.45) is 1.40. The standard InChI is InChI=1S/C10H9ClN4/c11-7-3-1-2-4-8(7)15-10-5-9(12)13-6-14-10/h1-6H,(H3,12,13,14,15). The lowest BCUT2D eigenvalue weighted by atomic mass is 10.3. The summed E-state index contributed by atoms with van der Waals surface area (Å²) in [5.74, 6) is 1.04. The third-order valence-corrected chi connectivity index (χ3v) is 2.15. The summed E-state index contributed by atoms with van der Waals surface area (Å²) in [5, 5.41) is 3.68. The summed E-state index contributed by atoms with van der Waals surface area (Å²) in [7, 11) is 0. The van der Waals surface area contributed by atoms with Crippen molar-refractivity contribution >= 4 is 28.9 Å². The van der Waals surface area contributed by atoms with Crippen LogP contribution in [0.25, 0.3) is 0 Å². The predicted molar refractivity (Wildman–Crippen MR) is 61.2 cm³/mol. The lowest BCUT2D eigenvalue weighted by Crippen LogP contribution is -1.97. The van der Waals surface area contributed by atoms with Gasteiger partial charge in [0.25, 0.3) is 0 Å². The number of nitrogen functional groups attached to an aromatic ring is 1. The van der Waals surface area contributed by atoms with Crippen molar-refractivity contribution in [3.63, 3.8) is 0 Å². The van der Waals surface area contributed by atoms with E-state index in [2.05, 4.69) is 15.3 Å². The zero-order valence-electron chi connectivity index (χ0n) is 7.81. The number of aromatic nitrogens is 2. The van der Waals surface area contributed by atoms with Crippen LogP contribution in [-0.4, -0.2) is 9.97 Å². The SMILES string of the molecule is Nc1cc(Nc2ccccc2Cl)ncn1. The van der Waals surface area contributed by atoms with Crippen LogP contribution in [0.2, 0.25) is 5.02 Å². The number of anilines is 3. The minimum absolute atomic E-state index is 0.416. The zero-order valence-corrected chi connectivity index (χ0v) is 8.57. The van der Waals surface area contributed by atoms with Crippen LogP contribution >= 0.6 is 11.6 Å². The Hall–Kier alpha value is -1.81. The van der Waals surface area contributed by atoms with Crippen molar-refractivity contribution in [2.24, 2.45) is 0 Å². The van der Waals surface area contributed by atoms with E-state index in [0.717, 1.165) is 5.69 Å². The number of para-hydroxylation sites is 1. The highest BCUT2D eigenvalue weighted by molar-refractivity contribution is 6.33. The summed E-state index contributed by atoms with van der Waals surface area (Å²) in [6.45, 7) is 0. The largest absolute Gasteiger partial charge is 0.384 e. The third-order valence-electron chi connectivity index (χ3n) is 1.82. The average Bonchev–Trinajstić information content (AvgIpc) is 2.22. The number of halogens is 1. The van der Waals surface area contributed by atoms with Crippen molar-refractivity contribution < 1.29 is 0 Å². The summed E-state index contributed by atoms with van der Waals surface area (Å²) in [4.78, 5) is 7.81. The first-order valence-corrected chi connectivity index (χ1v) is 4.72. The number of benzene rings is 1. The fraction of sp³-hybridized carbons (Fsp3) is 0. The van der Waals surface area contributed by atoms with Crippen molar-refractivity contribution in [3.05, 3.63) is 41.7 Å². The molecule has 0 amide bonds. The van der Waals surface area contributed by atoms with E-state index in [-0.39, 0.29) is 0 Å². The zero-order chi connectivity index (χ0) is 10.7. The summed E-state index contributed by atoms with van der Waals surface area (Å²) in [6, 6.07) is 9.05. The van der Waals surface area contributed by atoms with E-state index in [1.165, 1.54) is 6.33 Å². The Labute approximate surface area is 92.1 Å². The molecule has 0 fully saturated rings. The molecule has 1 aromatic carbocycles. The molecular formula is C10H9ClN4. The van der Waals surface area contributed by atoms with Crippen LogP contribution < -0.4 is 11.1 Å². The monoisotopic (exact) mass is 220 g/mol. The highest BCUT2D eigenvalue weighted by Crippen LogP contribution is 2.23. The predicted octanol–water partition coefficient (Wildman–Crippen LogP) is 2.46.